The van der Waals surface area contributed by atoms with Gasteiger partial charge in [0, 0.05) is 5.38 Å². The molecule has 1 aromatic heterocycles. The summed E-state index contributed by atoms with van der Waals surface area (Å²) in [6.07, 6.45) is 0. The van der Waals surface area contributed by atoms with Gasteiger partial charge in [-0.3, -0.25) is 9.59 Å². The van der Waals surface area contributed by atoms with Gasteiger partial charge in [-0.1, -0.05) is 11.3 Å². The van der Waals surface area contributed by atoms with Crippen molar-refractivity contribution in [3.63, 3.8) is 0 Å². The van der Waals surface area contributed by atoms with Gasteiger partial charge in [0.2, 0.25) is 0 Å². The Morgan fingerprint density at radius 2 is 2.55 bits per heavy atom. The number of aromatic nitrogens is 1. The lowest BCUT2D eigenvalue weighted by molar-refractivity contribution is -0.120. The van der Waals surface area contributed by atoms with Crippen molar-refractivity contribution in [3.8, 4) is 5.19 Å². The summed E-state index contributed by atoms with van der Waals surface area (Å²) in [6.45, 7) is 0.240. The fraction of sp³-hybridized carbons (Fsp3) is 0. The average molecular weight is 172 g/mol. The molecule has 11 heavy (non-hydrogen) atoms. The summed E-state index contributed by atoms with van der Waals surface area (Å²) in [4.78, 5) is 23.8. The molecule has 0 aromatic carbocycles. The van der Waals surface area contributed by atoms with Gasteiger partial charge in [0.15, 0.2) is 0 Å². The quantitative estimate of drug-likeness (QED) is 0.639. The van der Waals surface area contributed by atoms with Crippen molar-refractivity contribution in [3.05, 3.63) is 11.1 Å². The largest absolute Gasteiger partial charge is 0.400 e. The molecule has 1 amide bonds. The van der Waals surface area contributed by atoms with Crippen LogP contribution in [0.5, 0.6) is 5.19 Å². The van der Waals surface area contributed by atoms with Crippen molar-refractivity contribution in [1.29, 1.82) is 0 Å². The molecule has 1 aromatic rings. The minimum absolute atomic E-state index is 0.104. The van der Waals surface area contributed by atoms with E-state index in [9.17, 15) is 9.59 Å². The van der Waals surface area contributed by atoms with E-state index in [1.807, 2.05) is 0 Å². The van der Waals surface area contributed by atoms with Crippen molar-refractivity contribution < 1.29 is 14.3 Å². The maximum atomic E-state index is 10.4. The van der Waals surface area contributed by atoms with Crippen LogP contribution in [-0.4, -0.2) is 17.4 Å². The zero-order valence-corrected chi connectivity index (χ0v) is 6.13. The normalized spacial score (nSPS) is 9.09. The molecule has 0 atom stereocenters. The number of rotatable bonds is 3. The lowest BCUT2D eigenvalue weighted by atomic mass is 10.5. The molecule has 0 radical (unpaired) electrons. The van der Waals surface area contributed by atoms with Crippen LogP contribution < -0.4 is 10.5 Å². The van der Waals surface area contributed by atoms with Gasteiger partial charge in [-0.2, -0.15) is 4.98 Å². The number of hydrogen-bond donors (Lipinski definition) is 1. The molecule has 1 heterocycles. The maximum Gasteiger partial charge on any atom is 0.300 e. The van der Waals surface area contributed by atoms with Gasteiger partial charge in [0.05, 0.1) is 0 Å². The van der Waals surface area contributed by atoms with E-state index in [0.717, 1.165) is 11.3 Å². The number of carbonyl (C=O) groups is 2. The van der Waals surface area contributed by atoms with Gasteiger partial charge in [-0.05, 0) is 0 Å². The van der Waals surface area contributed by atoms with Crippen molar-refractivity contribution in [2.45, 2.75) is 0 Å². The SMILES string of the molecule is NC(=O)c1csc(OC=O)n1. The van der Waals surface area contributed by atoms with Crippen LogP contribution in [0.25, 0.3) is 0 Å². The lowest BCUT2D eigenvalue weighted by Gasteiger charge is -1.85. The number of nitrogens with zero attached hydrogens (tertiary/aromatic N) is 1. The minimum Gasteiger partial charge on any atom is -0.400 e. The van der Waals surface area contributed by atoms with Crippen LogP contribution in [0.3, 0.4) is 0 Å². The van der Waals surface area contributed by atoms with E-state index in [2.05, 4.69) is 9.72 Å². The van der Waals surface area contributed by atoms with Crippen molar-refractivity contribution in [1.82, 2.24) is 4.98 Å². The summed E-state index contributed by atoms with van der Waals surface area (Å²) in [6, 6.07) is 0. The van der Waals surface area contributed by atoms with Crippen LogP contribution in [0, 0.1) is 0 Å². The highest BCUT2D eigenvalue weighted by molar-refractivity contribution is 7.11. The Bertz CT molecular complexity index is 283. The molecule has 0 saturated carbocycles. The Labute approximate surface area is 65.8 Å². The first-order valence-electron chi connectivity index (χ1n) is 2.59. The zero-order chi connectivity index (χ0) is 8.27. The van der Waals surface area contributed by atoms with E-state index in [1.165, 1.54) is 5.38 Å². The molecule has 0 aliphatic carbocycles. The summed E-state index contributed by atoms with van der Waals surface area (Å²) in [5.74, 6) is -0.637. The third-order valence-electron chi connectivity index (χ3n) is 0.884. The molecule has 0 fully saturated rings. The Hall–Kier alpha value is -1.43. The highest BCUT2D eigenvalue weighted by atomic mass is 32.1. The maximum absolute atomic E-state index is 10.4. The molecule has 1 rings (SSSR count). The summed E-state index contributed by atoms with van der Waals surface area (Å²) in [5, 5.41) is 1.54. The van der Waals surface area contributed by atoms with Crippen LogP contribution >= 0.6 is 11.3 Å². The van der Waals surface area contributed by atoms with E-state index >= 15 is 0 Å². The summed E-state index contributed by atoms with van der Waals surface area (Å²) >= 11 is 1.04. The summed E-state index contributed by atoms with van der Waals surface area (Å²) < 4.78 is 4.36. The fourth-order valence-electron chi connectivity index (χ4n) is 0.466. The van der Waals surface area contributed by atoms with Crippen LogP contribution in [0.4, 0.5) is 0 Å². The van der Waals surface area contributed by atoms with Gasteiger partial charge in [0.1, 0.15) is 5.69 Å². The second-order valence-electron chi connectivity index (χ2n) is 1.58. The number of hydrogen-bond acceptors (Lipinski definition) is 5. The van der Waals surface area contributed by atoms with Crippen molar-refractivity contribution in [2.24, 2.45) is 5.73 Å². The van der Waals surface area contributed by atoms with Crippen LogP contribution in [-0.2, 0) is 4.79 Å². The standard InChI is InChI=1S/C5H4N2O3S/c6-4(9)3-1-11-5(7-3)10-2-8/h1-2H,(H2,6,9). The van der Waals surface area contributed by atoms with Gasteiger partial charge in [-0.15, -0.1) is 0 Å². The van der Waals surface area contributed by atoms with Gasteiger partial charge in [-0.25, -0.2) is 0 Å². The molecule has 5 nitrogen and oxygen atoms in total. The smallest absolute Gasteiger partial charge is 0.300 e. The molecule has 0 aliphatic heterocycles. The van der Waals surface area contributed by atoms with Crippen LogP contribution in [0.2, 0.25) is 0 Å². The van der Waals surface area contributed by atoms with Crippen molar-refractivity contribution >= 4 is 23.7 Å². The summed E-state index contributed by atoms with van der Waals surface area (Å²) in [7, 11) is 0. The molecule has 6 heteroatoms. The molecule has 0 saturated heterocycles. The second-order valence-corrected chi connectivity index (χ2v) is 2.40. The van der Waals surface area contributed by atoms with E-state index in [4.69, 9.17) is 5.73 Å². The van der Waals surface area contributed by atoms with Gasteiger partial charge in [0.25, 0.3) is 17.6 Å². The number of amides is 1. The molecule has 2 N–H and O–H groups in total. The first-order chi connectivity index (χ1) is 5.24. The average Bonchev–Trinajstić information content (AvgIpc) is 2.37. The predicted octanol–water partition coefficient (Wildman–Crippen LogP) is -0.223. The Kier molecular flexibility index (Phi) is 2.17. The molecular formula is C5H4N2O3S. The Morgan fingerprint density at radius 1 is 1.82 bits per heavy atom. The first kappa shape index (κ1) is 7.67. The summed E-state index contributed by atoms with van der Waals surface area (Å²) in [5.41, 5.74) is 4.99. The highest BCUT2D eigenvalue weighted by Gasteiger charge is 2.06. The van der Waals surface area contributed by atoms with Gasteiger partial charge >= 0.3 is 0 Å². The zero-order valence-electron chi connectivity index (χ0n) is 5.31. The highest BCUT2D eigenvalue weighted by Crippen LogP contribution is 2.16. The van der Waals surface area contributed by atoms with E-state index in [0.29, 0.717) is 0 Å². The van der Waals surface area contributed by atoms with E-state index < -0.39 is 5.91 Å². The molecule has 0 spiro atoms. The third kappa shape index (κ3) is 1.74. The number of thiazole rings is 1. The molecule has 58 valence electrons. The second kappa shape index (κ2) is 3.11. The number of primary amides is 1. The Balaban J connectivity index is 2.81. The number of carbonyl (C=O) groups excluding carboxylic acids is 2. The van der Waals surface area contributed by atoms with Crippen LogP contribution in [0.15, 0.2) is 5.38 Å². The minimum atomic E-state index is -0.637. The van der Waals surface area contributed by atoms with E-state index in [-0.39, 0.29) is 17.4 Å². The first-order valence-corrected chi connectivity index (χ1v) is 3.47. The molecular weight excluding hydrogens is 168 g/mol. The van der Waals surface area contributed by atoms with Gasteiger partial charge < -0.3 is 10.5 Å². The Morgan fingerprint density at radius 3 is 3.00 bits per heavy atom. The lowest BCUT2D eigenvalue weighted by Crippen LogP contribution is -2.11. The predicted molar refractivity (Wildman–Crippen MR) is 37.3 cm³/mol. The molecule has 0 bridgehead atoms. The topological polar surface area (TPSA) is 82.3 Å². The number of nitrogens with two attached hydrogens (primary N) is 1. The van der Waals surface area contributed by atoms with E-state index in [1.54, 1.807) is 0 Å². The monoisotopic (exact) mass is 172 g/mol. The van der Waals surface area contributed by atoms with Crippen LogP contribution in [0.1, 0.15) is 10.5 Å². The third-order valence-corrected chi connectivity index (χ3v) is 1.61. The number of ether oxygens (including phenoxy) is 1. The fourth-order valence-corrected chi connectivity index (χ4v) is 1.09. The molecule has 0 unspecified atom stereocenters. The van der Waals surface area contributed by atoms with Crippen molar-refractivity contribution in [2.75, 3.05) is 0 Å². The molecule has 0 aliphatic rings.